The summed E-state index contributed by atoms with van der Waals surface area (Å²) in [5.41, 5.74) is 3.75. The Bertz CT molecular complexity index is 3440. The molecule has 9 rings (SSSR count). The number of methoxy groups -OCH3 is 2. The number of hydrogen-bond donors (Lipinski definition) is 5. The Morgan fingerprint density at radius 3 is 2.13 bits per heavy atom. The van der Waals surface area contributed by atoms with Gasteiger partial charge in [0.25, 0.3) is 11.8 Å². The molecule has 8 amide bonds. The van der Waals surface area contributed by atoms with Crippen molar-refractivity contribution in [2.45, 2.75) is 142 Å². The van der Waals surface area contributed by atoms with Crippen molar-refractivity contribution < 1.29 is 71.9 Å². The van der Waals surface area contributed by atoms with Crippen LogP contribution in [-0.4, -0.2) is 182 Å². The van der Waals surface area contributed by atoms with E-state index in [-0.39, 0.29) is 140 Å². The minimum Gasteiger partial charge on any atom is -0.493 e. The quantitative estimate of drug-likeness (QED) is 0.0250. The van der Waals surface area contributed by atoms with Gasteiger partial charge in [0.15, 0.2) is 29.2 Å². The van der Waals surface area contributed by atoms with Crippen molar-refractivity contribution in [1.82, 2.24) is 30.7 Å². The molecule has 0 aliphatic carbocycles. The predicted molar refractivity (Wildman–Crippen MR) is 341 cm³/mol. The number of imide groups is 1. The number of anilines is 2. The molecule has 25 heteroatoms. The van der Waals surface area contributed by atoms with Gasteiger partial charge in [-0.25, -0.2) is 9.69 Å². The van der Waals surface area contributed by atoms with Crippen molar-refractivity contribution in [3.8, 4) is 23.0 Å². The monoisotopic (exact) mass is 1250 g/mol. The number of hydrogen-bond acceptors (Lipinski definition) is 17. The molecule has 486 valence electrons. The molecule has 91 heavy (non-hydrogen) atoms. The van der Waals surface area contributed by atoms with Crippen LogP contribution in [0.5, 0.6) is 23.0 Å². The van der Waals surface area contributed by atoms with Crippen LogP contribution in [0.2, 0.25) is 5.31 Å². The number of fused-ring (bicyclic) bond motifs is 4. The molecule has 6 aliphatic heterocycles. The first-order valence-electron chi connectivity index (χ1n) is 31.0. The Kier molecular flexibility index (Phi) is 20.5. The Morgan fingerprint density at radius 2 is 1.47 bits per heavy atom. The van der Waals surface area contributed by atoms with Crippen LogP contribution in [0.25, 0.3) is 0 Å². The number of nitrogens with one attached hydrogen (secondary N) is 4. The summed E-state index contributed by atoms with van der Waals surface area (Å²) in [6, 6.07) is 10.2. The number of rotatable bonds is 27. The number of aliphatic imine (C=N–C) groups is 1. The largest absolute Gasteiger partial charge is 0.493 e. The summed E-state index contributed by atoms with van der Waals surface area (Å²) in [6.45, 7) is 26.4. The number of aliphatic hydroxyl groups is 1. The van der Waals surface area contributed by atoms with E-state index in [0.29, 0.717) is 72.0 Å². The van der Waals surface area contributed by atoms with Crippen LogP contribution in [0.1, 0.15) is 120 Å². The van der Waals surface area contributed by atoms with E-state index in [0.717, 1.165) is 16.1 Å². The van der Waals surface area contributed by atoms with E-state index >= 15 is 0 Å². The van der Waals surface area contributed by atoms with Gasteiger partial charge >= 0.3 is 232 Å². The van der Waals surface area contributed by atoms with Crippen LogP contribution < -0.4 is 45.1 Å². The van der Waals surface area contributed by atoms with E-state index < -0.39 is 47.9 Å². The zero-order valence-electron chi connectivity index (χ0n) is 53.6. The maximum Gasteiger partial charge on any atom is 0.257 e. The molecule has 4 unspecified atom stereocenters. The van der Waals surface area contributed by atoms with Crippen LogP contribution >= 0.6 is 0 Å². The number of ether oxygens (including phenoxy) is 6. The topological polar surface area (TPSA) is 286 Å². The fraction of sp³-hybridized carbons (Fsp3) is 0.515. The standard InChI is InChI=1S/C66H84BN9O15/c1-36(2)44-28-55(78)73(59(44)81)20-18-54(77)69-35-65(8,9)91-23-19-66(10)63(67-66)72-56(37(3)4)58(80)70-40(7)57(79)71-42-16-14-41(15-17-42)34-90-64(85)76-48-30-53(51(87-12)27-46(48)61(83)75-33-39(6)25-49(75)62(76)84)89-22-13-21-88-52-29-47-45(26-50(52)86-11)60(82)74-32-38(5)24-43(74)31-68-47/h14-17,26-27,29-31,36-37,40,43-44,49,56,62,72,84H,5-6,13,18-25,28,32-35H2,1-4,7-12H3,(H,69,77)(H,70,80)(H,71,79)/t40-,43?,44?,49-,56-,62?,66?/m0/s1. The van der Waals surface area contributed by atoms with Gasteiger partial charge in [-0.2, -0.15) is 0 Å². The summed E-state index contributed by atoms with van der Waals surface area (Å²) < 4.78 is 35.7. The van der Waals surface area contributed by atoms with Crippen molar-refractivity contribution in [1.29, 1.82) is 0 Å². The molecule has 0 radical (unpaired) electrons. The predicted octanol–water partition coefficient (Wildman–Crippen LogP) is 6.09. The Labute approximate surface area is 531 Å². The second-order valence-electron chi connectivity index (χ2n) is 25.7. The molecule has 0 saturated carbocycles. The molecule has 5 N–H and O–H groups in total. The van der Waals surface area contributed by atoms with E-state index in [2.05, 4.69) is 39.4 Å². The van der Waals surface area contributed by atoms with Gasteiger partial charge in [0.2, 0.25) is 0 Å². The summed E-state index contributed by atoms with van der Waals surface area (Å²) in [6.07, 6.45) is 1.29. The molecule has 0 spiro atoms. The van der Waals surface area contributed by atoms with Crippen LogP contribution in [0.3, 0.4) is 0 Å². The summed E-state index contributed by atoms with van der Waals surface area (Å²) >= 11 is 0. The molecule has 0 aromatic heterocycles. The molecule has 6 aliphatic rings. The average molecular weight is 1250 g/mol. The molecule has 3 aromatic carbocycles. The van der Waals surface area contributed by atoms with Crippen LogP contribution in [0, 0.1) is 17.8 Å². The average Bonchev–Trinajstić information content (AvgIpc) is 1.67. The van der Waals surface area contributed by atoms with Gasteiger partial charge in [-0.3, -0.25) is 24.2 Å². The van der Waals surface area contributed by atoms with Crippen molar-refractivity contribution in [2.75, 3.05) is 70.4 Å². The summed E-state index contributed by atoms with van der Waals surface area (Å²) in [4.78, 5) is 117. The van der Waals surface area contributed by atoms with Crippen molar-refractivity contribution in [2.24, 2.45) is 22.7 Å². The fourth-order valence-corrected chi connectivity index (χ4v) is 11.8. The molecule has 7 atom stereocenters. The van der Waals surface area contributed by atoms with Gasteiger partial charge in [-0.15, -0.1) is 0 Å². The minimum atomic E-state index is -1.55. The van der Waals surface area contributed by atoms with Gasteiger partial charge in [0, 0.05) is 50.2 Å². The smallest absolute Gasteiger partial charge is 0.257 e. The van der Waals surface area contributed by atoms with E-state index in [4.69, 9.17) is 28.4 Å². The molecule has 0 bridgehead atoms. The number of carbonyl (C=O) groups excluding carboxylic acids is 8. The number of aliphatic hydroxyl groups excluding tert-OH is 1. The first-order valence-corrected chi connectivity index (χ1v) is 31.0. The number of carbonyl (C=O) groups is 8. The maximum absolute atomic E-state index is 14.3. The third kappa shape index (κ3) is 15.3. The Balaban J connectivity index is 0.743. The number of nitrogens with zero attached hydrogens (tertiary/aromatic N) is 5. The minimum absolute atomic E-state index is 0.00544. The SMILES string of the molecule is C=C1CC2C=Nc3cc(OCCCOc4cc5c(cc4OC)C(=O)N4CC(=C)C[C@H]4C(O)N5C(=O)OCc4ccc(NC(=O)[C@H](C)NC(=O)[C@@H](NC5=BC5(C)CCOC(C)(C)CNC(=O)CCN5C(=O)CC(C(C)C)C5=O)C(C)C)cc4)c(OC)cc3C(=O)N2C1. The van der Waals surface area contributed by atoms with E-state index in [1.54, 1.807) is 54.4 Å². The molecular formula is C66H84BN9O15. The summed E-state index contributed by atoms with van der Waals surface area (Å²) in [5, 5.41) is 23.5. The number of benzene rings is 3. The van der Waals surface area contributed by atoms with Crippen LogP contribution in [-0.2, 0) is 40.1 Å². The normalized spacial score (nSPS) is 21.4. The van der Waals surface area contributed by atoms with Crippen molar-refractivity contribution in [3.63, 3.8) is 0 Å². The first kappa shape index (κ1) is 66.8. The van der Waals surface area contributed by atoms with E-state index in [1.807, 2.05) is 55.4 Å². The molecular weight excluding hydrogens is 1170 g/mol. The van der Waals surface area contributed by atoms with Gasteiger partial charge in [0.1, 0.15) is 6.61 Å². The van der Waals surface area contributed by atoms with Gasteiger partial charge in [-0.05, 0) is 30.9 Å². The number of amides is 8. The molecule has 24 nitrogen and oxygen atoms in total. The number of likely N-dealkylation sites (tertiary alicyclic amines) is 1. The zero-order chi connectivity index (χ0) is 65.8. The Hall–Kier alpha value is -8.58. The molecule has 6 heterocycles. The summed E-state index contributed by atoms with van der Waals surface area (Å²) in [7, 11) is 2.91. The van der Waals surface area contributed by atoms with E-state index in [9.17, 15) is 43.5 Å². The zero-order valence-corrected chi connectivity index (χ0v) is 53.6. The fourth-order valence-electron chi connectivity index (χ4n) is 11.8. The maximum atomic E-state index is 14.3. The van der Waals surface area contributed by atoms with Crippen molar-refractivity contribution >= 4 is 83.2 Å². The van der Waals surface area contributed by atoms with Crippen LogP contribution in [0.15, 0.2) is 77.8 Å². The first-order chi connectivity index (χ1) is 43.2. The molecule has 3 aromatic rings. The third-order valence-corrected chi connectivity index (χ3v) is 17.4. The van der Waals surface area contributed by atoms with Crippen LogP contribution in [0.4, 0.5) is 21.9 Å². The molecule has 3 saturated heterocycles. The summed E-state index contributed by atoms with van der Waals surface area (Å²) in [5.74, 6) is -1.51. The third-order valence-electron chi connectivity index (χ3n) is 17.4. The Morgan fingerprint density at radius 1 is 0.824 bits per heavy atom. The second-order valence-corrected chi connectivity index (χ2v) is 25.7. The van der Waals surface area contributed by atoms with E-state index in [1.165, 1.54) is 36.2 Å². The van der Waals surface area contributed by atoms with Gasteiger partial charge in [0.05, 0.1) is 62.0 Å². The van der Waals surface area contributed by atoms with Gasteiger partial charge < -0.3 is 38.6 Å². The van der Waals surface area contributed by atoms with Gasteiger partial charge in [-0.1, -0.05) is 38.2 Å². The molecule has 3 fully saturated rings. The van der Waals surface area contributed by atoms with Crippen molar-refractivity contribution in [3.05, 3.63) is 89.5 Å². The second kappa shape index (κ2) is 27.9.